The number of nitrogens with one attached hydrogen (secondary N) is 1. The largest absolute Gasteiger partial charge is 0.496 e. The molecule has 0 aliphatic carbocycles. The molecule has 3 heteroatoms. The highest BCUT2D eigenvalue weighted by Crippen LogP contribution is 2.22. The summed E-state index contributed by atoms with van der Waals surface area (Å²) in [6.45, 7) is 6.76. The lowest BCUT2D eigenvalue weighted by molar-refractivity contribution is -0.116. The van der Waals surface area contributed by atoms with Crippen LogP contribution in [-0.2, 0) is 11.3 Å². The van der Waals surface area contributed by atoms with Crippen LogP contribution in [0.5, 0.6) is 5.75 Å². The van der Waals surface area contributed by atoms with Crippen LogP contribution in [0.3, 0.4) is 0 Å². The number of rotatable bonds is 5. The lowest BCUT2D eigenvalue weighted by atomic mass is 10.0. The zero-order valence-electron chi connectivity index (χ0n) is 10.4. The van der Waals surface area contributed by atoms with Crippen molar-refractivity contribution in [3.05, 3.63) is 28.8 Å². The van der Waals surface area contributed by atoms with Crippen LogP contribution in [0.25, 0.3) is 0 Å². The summed E-state index contributed by atoms with van der Waals surface area (Å²) in [5, 5.41) is 3.09. The minimum absolute atomic E-state index is 0.141. The summed E-state index contributed by atoms with van der Waals surface area (Å²) >= 11 is 0. The molecule has 0 heterocycles. The highest BCUT2D eigenvalue weighted by Gasteiger charge is 2.05. The molecule has 0 atom stereocenters. The molecule has 0 aliphatic rings. The smallest absolute Gasteiger partial charge is 0.143 e. The number of ether oxygens (including phenoxy) is 1. The van der Waals surface area contributed by atoms with Crippen molar-refractivity contribution in [2.75, 3.05) is 13.7 Å². The second-order valence-corrected chi connectivity index (χ2v) is 4.05. The molecule has 0 radical (unpaired) electrons. The predicted molar refractivity (Wildman–Crippen MR) is 64.9 cm³/mol. The minimum Gasteiger partial charge on any atom is -0.496 e. The molecular weight excluding hydrogens is 202 g/mol. The van der Waals surface area contributed by atoms with Gasteiger partial charge in [-0.15, -0.1) is 0 Å². The maximum Gasteiger partial charge on any atom is 0.143 e. The van der Waals surface area contributed by atoms with Gasteiger partial charge in [0.2, 0.25) is 0 Å². The number of carbonyl (C=O) groups excluding carboxylic acids is 1. The Morgan fingerprint density at radius 2 is 1.94 bits per heavy atom. The Labute approximate surface area is 96.8 Å². The number of ketones is 1. The molecule has 0 bridgehead atoms. The van der Waals surface area contributed by atoms with Crippen molar-refractivity contribution in [1.82, 2.24) is 5.32 Å². The number of carbonyl (C=O) groups is 1. The first-order valence-corrected chi connectivity index (χ1v) is 5.39. The number of hydrogen-bond donors (Lipinski definition) is 1. The lowest BCUT2D eigenvalue weighted by Gasteiger charge is -2.12. The van der Waals surface area contributed by atoms with Gasteiger partial charge in [-0.05, 0) is 38.0 Å². The second-order valence-electron chi connectivity index (χ2n) is 4.05. The Morgan fingerprint density at radius 3 is 2.50 bits per heavy atom. The fourth-order valence-electron chi connectivity index (χ4n) is 1.55. The monoisotopic (exact) mass is 221 g/mol. The molecule has 1 aromatic rings. The van der Waals surface area contributed by atoms with Crippen LogP contribution in [-0.4, -0.2) is 19.4 Å². The maximum absolute atomic E-state index is 10.8. The molecule has 1 aromatic carbocycles. The van der Waals surface area contributed by atoms with Gasteiger partial charge in [0.05, 0.1) is 13.7 Å². The van der Waals surface area contributed by atoms with Crippen molar-refractivity contribution in [3.8, 4) is 5.75 Å². The fourth-order valence-corrected chi connectivity index (χ4v) is 1.55. The van der Waals surface area contributed by atoms with Crippen molar-refractivity contribution in [1.29, 1.82) is 0 Å². The molecule has 88 valence electrons. The Bertz CT molecular complexity index is 386. The highest BCUT2D eigenvalue weighted by atomic mass is 16.5. The van der Waals surface area contributed by atoms with E-state index in [1.807, 2.05) is 6.07 Å². The topological polar surface area (TPSA) is 38.3 Å². The number of hydrogen-bond acceptors (Lipinski definition) is 3. The number of methoxy groups -OCH3 is 1. The van der Waals surface area contributed by atoms with Gasteiger partial charge in [0.15, 0.2) is 0 Å². The van der Waals surface area contributed by atoms with Crippen LogP contribution in [0.2, 0.25) is 0 Å². The SMILES string of the molecule is COc1cc(C)c(C)cc1CNCC(C)=O. The van der Waals surface area contributed by atoms with Gasteiger partial charge < -0.3 is 10.1 Å². The van der Waals surface area contributed by atoms with Crippen molar-refractivity contribution in [2.45, 2.75) is 27.3 Å². The van der Waals surface area contributed by atoms with E-state index >= 15 is 0 Å². The van der Waals surface area contributed by atoms with E-state index < -0.39 is 0 Å². The van der Waals surface area contributed by atoms with E-state index in [4.69, 9.17) is 4.74 Å². The van der Waals surface area contributed by atoms with E-state index in [-0.39, 0.29) is 5.78 Å². The van der Waals surface area contributed by atoms with E-state index in [0.717, 1.165) is 11.3 Å². The molecule has 0 saturated heterocycles. The summed E-state index contributed by atoms with van der Waals surface area (Å²) < 4.78 is 5.31. The van der Waals surface area contributed by atoms with Crippen molar-refractivity contribution in [2.24, 2.45) is 0 Å². The standard InChI is InChI=1S/C13H19NO2/c1-9-5-12(8-14-7-11(3)15)13(16-4)6-10(9)2/h5-6,14H,7-8H2,1-4H3. The second kappa shape index (κ2) is 5.66. The van der Waals surface area contributed by atoms with Crippen LogP contribution in [0.4, 0.5) is 0 Å². The molecule has 0 unspecified atom stereocenters. The van der Waals surface area contributed by atoms with Crippen molar-refractivity contribution in [3.63, 3.8) is 0 Å². The quantitative estimate of drug-likeness (QED) is 0.826. The summed E-state index contributed by atoms with van der Waals surface area (Å²) in [4.78, 5) is 10.8. The normalized spacial score (nSPS) is 10.2. The van der Waals surface area contributed by atoms with Crippen molar-refractivity contribution >= 4 is 5.78 Å². The Hall–Kier alpha value is -1.35. The molecule has 1 N–H and O–H groups in total. The molecule has 0 saturated carbocycles. The summed E-state index contributed by atoms with van der Waals surface area (Å²) in [6, 6.07) is 4.13. The molecule has 3 nitrogen and oxygen atoms in total. The van der Waals surface area contributed by atoms with Crippen LogP contribution in [0, 0.1) is 13.8 Å². The molecule has 16 heavy (non-hydrogen) atoms. The first kappa shape index (κ1) is 12.7. The summed E-state index contributed by atoms with van der Waals surface area (Å²) in [5.74, 6) is 1.02. The third-order valence-corrected chi connectivity index (χ3v) is 2.59. The van der Waals surface area contributed by atoms with Gasteiger partial charge in [0.1, 0.15) is 11.5 Å². The zero-order valence-corrected chi connectivity index (χ0v) is 10.4. The average Bonchev–Trinajstić information content (AvgIpc) is 2.22. The van der Waals surface area contributed by atoms with Crippen LogP contribution in [0.15, 0.2) is 12.1 Å². The number of Topliss-reactive ketones (excluding diaryl/α,β-unsaturated/α-hetero) is 1. The molecule has 0 aromatic heterocycles. The Kier molecular flexibility index (Phi) is 4.50. The van der Waals surface area contributed by atoms with Gasteiger partial charge >= 0.3 is 0 Å². The summed E-state index contributed by atoms with van der Waals surface area (Å²) in [7, 11) is 1.67. The van der Waals surface area contributed by atoms with Crippen LogP contribution in [0.1, 0.15) is 23.6 Å². The highest BCUT2D eigenvalue weighted by molar-refractivity contribution is 5.77. The van der Waals surface area contributed by atoms with Gasteiger partial charge in [-0.25, -0.2) is 0 Å². The van der Waals surface area contributed by atoms with Crippen LogP contribution >= 0.6 is 0 Å². The lowest BCUT2D eigenvalue weighted by Crippen LogP contribution is -2.20. The molecular formula is C13H19NO2. The molecule has 0 aliphatic heterocycles. The van der Waals surface area contributed by atoms with E-state index in [0.29, 0.717) is 13.1 Å². The van der Waals surface area contributed by atoms with E-state index in [9.17, 15) is 4.79 Å². The Morgan fingerprint density at radius 1 is 1.31 bits per heavy atom. The van der Waals surface area contributed by atoms with Gasteiger partial charge in [-0.1, -0.05) is 6.07 Å². The maximum atomic E-state index is 10.8. The third-order valence-electron chi connectivity index (χ3n) is 2.59. The molecule has 0 fully saturated rings. The zero-order chi connectivity index (χ0) is 12.1. The summed E-state index contributed by atoms with van der Waals surface area (Å²) in [5.41, 5.74) is 3.54. The Balaban J connectivity index is 2.77. The van der Waals surface area contributed by atoms with E-state index in [1.165, 1.54) is 11.1 Å². The molecule has 1 rings (SSSR count). The van der Waals surface area contributed by atoms with Crippen LogP contribution < -0.4 is 10.1 Å². The third kappa shape index (κ3) is 3.35. The van der Waals surface area contributed by atoms with E-state index in [1.54, 1.807) is 14.0 Å². The summed E-state index contributed by atoms with van der Waals surface area (Å²) in [6.07, 6.45) is 0. The molecule has 0 spiro atoms. The number of benzene rings is 1. The number of aryl methyl sites for hydroxylation is 2. The van der Waals surface area contributed by atoms with E-state index in [2.05, 4.69) is 25.2 Å². The first-order chi connectivity index (χ1) is 7.54. The minimum atomic E-state index is 0.141. The predicted octanol–water partition coefficient (Wildman–Crippen LogP) is 1.99. The van der Waals surface area contributed by atoms with Gasteiger partial charge in [-0.3, -0.25) is 4.79 Å². The van der Waals surface area contributed by atoms with Gasteiger partial charge in [0, 0.05) is 12.1 Å². The van der Waals surface area contributed by atoms with Gasteiger partial charge in [0.25, 0.3) is 0 Å². The average molecular weight is 221 g/mol. The first-order valence-electron chi connectivity index (χ1n) is 5.39. The molecule has 0 amide bonds. The fraction of sp³-hybridized carbons (Fsp3) is 0.462. The van der Waals surface area contributed by atoms with Gasteiger partial charge in [-0.2, -0.15) is 0 Å². The van der Waals surface area contributed by atoms with Crippen molar-refractivity contribution < 1.29 is 9.53 Å².